The Balaban J connectivity index is 1.64. The summed E-state index contributed by atoms with van der Waals surface area (Å²) < 4.78 is 8.01. The van der Waals surface area contributed by atoms with Crippen molar-refractivity contribution in [1.29, 1.82) is 0 Å². The van der Waals surface area contributed by atoms with Gasteiger partial charge in [-0.05, 0) is 49.5 Å². The number of rotatable bonds is 7. The molecule has 0 spiro atoms. The molecule has 0 aromatic carbocycles. The highest BCUT2D eigenvalue weighted by atomic mass is 32.2. The van der Waals surface area contributed by atoms with Gasteiger partial charge < -0.3 is 15.2 Å². The van der Waals surface area contributed by atoms with Crippen molar-refractivity contribution in [2.24, 2.45) is 11.3 Å². The van der Waals surface area contributed by atoms with Crippen molar-refractivity contribution in [3.8, 4) is 0 Å². The van der Waals surface area contributed by atoms with Gasteiger partial charge in [-0.25, -0.2) is 0 Å². The number of amides is 1. The number of carbonyl (C=O) groups is 1. The second kappa shape index (κ2) is 10.5. The molecule has 156 valence electrons. The smallest absolute Gasteiger partial charge is 0.254 e. The van der Waals surface area contributed by atoms with Crippen LogP contribution in [-0.4, -0.2) is 53.9 Å². The zero-order valence-electron chi connectivity index (χ0n) is 17.0. The van der Waals surface area contributed by atoms with Crippen LogP contribution in [0.2, 0.25) is 0 Å². The number of aliphatic hydroxyl groups excluding tert-OH is 1. The summed E-state index contributed by atoms with van der Waals surface area (Å²) in [5, 5.41) is 13.3. The SMILES string of the molecule is CCSN1CCC(CNC(=O)C2=C(O)CC=CC=C2)(CC2CCOCC2)CC1. The van der Waals surface area contributed by atoms with E-state index in [0.717, 1.165) is 64.2 Å². The molecule has 28 heavy (non-hydrogen) atoms. The lowest BCUT2D eigenvalue weighted by Crippen LogP contribution is -2.46. The summed E-state index contributed by atoms with van der Waals surface area (Å²) in [6.07, 6.45) is 13.3. The number of allylic oxidation sites excluding steroid dienone is 3. The second-order valence-corrected chi connectivity index (χ2v) is 9.49. The van der Waals surface area contributed by atoms with E-state index in [9.17, 15) is 9.90 Å². The van der Waals surface area contributed by atoms with Gasteiger partial charge in [0.05, 0.1) is 5.57 Å². The Kier molecular flexibility index (Phi) is 8.06. The average Bonchev–Trinajstić information content (AvgIpc) is 2.93. The van der Waals surface area contributed by atoms with E-state index < -0.39 is 0 Å². The van der Waals surface area contributed by atoms with Gasteiger partial charge >= 0.3 is 0 Å². The number of hydrogen-bond donors (Lipinski definition) is 2. The van der Waals surface area contributed by atoms with E-state index in [1.54, 1.807) is 6.08 Å². The van der Waals surface area contributed by atoms with Crippen LogP contribution < -0.4 is 5.32 Å². The third-order valence-corrected chi connectivity index (χ3v) is 7.15. The fraction of sp³-hybridized carbons (Fsp3) is 0.682. The molecule has 2 fully saturated rings. The van der Waals surface area contributed by atoms with E-state index in [0.29, 0.717) is 24.5 Å². The number of nitrogens with zero attached hydrogens (tertiary/aromatic N) is 1. The highest BCUT2D eigenvalue weighted by molar-refractivity contribution is 7.96. The molecule has 0 atom stereocenters. The first-order valence-corrected chi connectivity index (χ1v) is 11.6. The maximum atomic E-state index is 12.8. The topological polar surface area (TPSA) is 61.8 Å². The second-order valence-electron chi connectivity index (χ2n) is 8.14. The average molecular weight is 407 g/mol. The summed E-state index contributed by atoms with van der Waals surface area (Å²) in [6, 6.07) is 0. The molecule has 0 radical (unpaired) electrons. The number of ether oxygens (including phenoxy) is 1. The Labute approximate surface area is 173 Å². The quantitative estimate of drug-likeness (QED) is 0.626. The van der Waals surface area contributed by atoms with E-state index in [-0.39, 0.29) is 17.1 Å². The molecular formula is C22H34N2O3S. The Bertz CT molecular complexity index is 615. The number of carbonyl (C=O) groups excluding carboxylic acids is 1. The van der Waals surface area contributed by atoms with Gasteiger partial charge in [0.2, 0.25) is 0 Å². The molecular weight excluding hydrogens is 372 g/mol. The molecule has 2 heterocycles. The fourth-order valence-corrected chi connectivity index (χ4v) is 5.28. The highest BCUT2D eigenvalue weighted by Gasteiger charge is 2.37. The highest BCUT2D eigenvalue weighted by Crippen LogP contribution is 2.41. The zero-order valence-corrected chi connectivity index (χ0v) is 17.8. The van der Waals surface area contributed by atoms with Gasteiger partial charge in [-0.1, -0.05) is 37.1 Å². The molecule has 0 aromatic rings. The summed E-state index contributed by atoms with van der Waals surface area (Å²) in [5.41, 5.74) is 0.538. The van der Waals surface area contributed by atoms with Crippen molar-refractivity contribution in [3.05, 3.63) is 35.6 Å². The van der Waals surface area contributed by atoms with Crippen molar-refractivity contribution >= 4 is 17.9 Å². The molecule has 1 amide bonds. The third-order valence-electron chi connectivity index (χ3n) is 6.16. The molecule has 2 saturated heterocycles. The molecule has 2 N–H and O–H groups in total. The van der Waals surface area contributed by atoms with Gasteiger partial charge in [-0.2, -0.15) is 0 Å². The van der Waals surface area contributed by atoms with Crippen molar-refractivity contribution in [2.75, 3.05) is 38.6 Å². The summed E-state index contributed by atoms with van der Waals surface area (Å²) in [4.78, 5) is 12.8. The Hall–Kier alpha value is -1.24. The lowest BCUT2D eigenvalue weighted by Gasteiger charge is -2.44. The van der Waals surface area contributed by atoms with Gasteiger partial charge in [0, 0.05) is 45.0 Å². The summed E-state index contributed by atoms with van der Waals surface area (Å²) in [5.74, 6) is 1.78. The van der Waals surface area contributed by atoms with E-state index in [2.05, 4.69) is 16.5 Å². The number of nitrogens with one attached hydrogen (secondary N) is 1. The molecule has 5 nitrogen and oxygen atoms in total. The first kappa shape index (κ1) is 21.5. The van der Waals surface area contributed by atoms with Crippen LogP contribution in [0.25, 0.3) is 0 Å². The standard InChI is InChI=1S/C22H34N2O3S/c1-2-28-24-12-10-22(11-13-24,16-18-8-14-27-15-9-18)17-23-21(26)19-6-4-3-5-7-20(19)25/h3-6,18,25H,2,7-17H2,1H3,(H,23,26). The van der Waals surface area contributed by atoms with Gasteiger partial charge in [-0.15, -0.1) is 0 Å². The van der Waals surface area contributed by atoms with Gasteiger partial charge in [-0.3, -0.25) is 9.10 Å². The first-order valence-electron chi connectivity index (χ1n) is 10.6. The van der Waals surface area contributed by atoms with Crippen LogP contribution in [0.4, 0.5) is 0 Å². The minimum atomic E-state index is -0.158. The fourth-order valence-electron chi connectivity index (χ4n) is 4.47. The maximum Gasteiger partial charge on any atom is 0.254 e. The van der Waals surface area contributed by atoms with E-state index in [1.165, 1.54) is 0 Å². The molecule has 0 bridgehead atoms. The number of aliphatic hydroxyl groups is 1. The Morgan fingerprint density at radius 2 is 2.07 bits per heavy atom. The molecule has 0 unspecified atom stereocenters. The number of piperidine rings is 1. The van der Waals surface area contributed by atoms with Crippen LogP contribution in [0.1, 0.15) is 45.4 Å². The lowest BCUT2D eigenvalue weighted by molar-refractivity contribution is -0.118. The van der Waals surface area contributed by atoms with Crippen LogP contribution in [0.5, 0.6) is 0 Å². The van der Waals surface area contributed by atoms with Gasteiger partial charge in [0.25, 0.3) is 5.91 Å². The number of hydrogen-bond acceptors (Lipinski definition) is 5. The molecule has 3 rings (SSSR count). The summed E-state index contributed by atoms with van der Waals surface area (Å²) in [7, 11) is 0. The predicted molar refractivity (Wildman–Crippen MR) is 115 cm³/mol. The van der Waals surface area contributed by atoms with Crippen LogP contribution >= 0.6 is 11.9 Å². The minimum absolute atomic E-state index is 0.144. The zero-order chi connectivity index (χ0) is 19.8. The van der Waals surface area contributed by atoms with Crippen LogP contribution in [-0.2, 0) is 9.53 Å². The third kappa shape index (κ3) is 5.88. The maximum absolute atomic E-state index is 12.8. The molecule has 0 aromatic heterocycles. The van der Waals surface area contributed by atoms with Crippen molar-refractivity contribution in [3.63, 3.8) is 0 Å². The Morgan fingerprint density at radius 3 is 2.79 bits per heavy atom. The van der Waals surface area contributed by atoms with Crippen molar-refractivity contribution in [1.82, 2.24) is 9.62 Å². The minimum Gasteiger partial charge on any atom is -0.511 e. The van der Waals surface area contributed by atoms with Crippen molar-refractivity contribution in [2.45, 2.75) is 45.4 Å². The van der Waals surface area contributed by atoms with E-state index in [4.69, 9.17) is 4.74 Å². The molecule has 3 aliphatic rings. The summed E-state index contributed by atoms with van der Waals surface area (Å²) in [6.45, 7) is 6.77. The van der Waals surface area contributed by atoms with Gasteiger partial charge in [0.1, 0.15) is 5.76 Å². The summed E-state index contributed by atoms with van der Waals surface area (Å²) >= 11 is 1.92. The largest absolute Gasteiger partial charge is 0.511 e. The van der Waals surface area contributed by atoms with Gasteiger partial charge in [0.15, 0.2) is 0 Å². The van der Waals surface area contributed by atoms with E-state index >= 15 is 0 Å². The van der Waals surface area contributed by atoms with E-state index in [1.807, 2.05) is 30.2 Å². The molecule has 2 aliphatic heterocycles. The lowest BCUT2D eigenvalue weighted by atomic mass is 9.71. The van der Waals surface area contributed by atoms with Crippen LogP contribution in [0.3, 0.4) is 0 Å². The normalized spacial score (nSPS) is 23.6. The molecule has 1 aliphatic carbocycles. The van der Waals surface area contributed by atoms with Crippen molar-refractivity contribution < 1.29 is 14.6 Å². The predicted octanol–water partition coefficient (Wildman–Crippen LogP) is 4.00. The molecule has 0 saturated carbocycles. The monoisotopic (exact) mass is 406 g/mol. The first-order chi connectivity index (χ1) is 13.6. The molecule has 6 heteroatoms. The Morgan fingerprint density at radius 1 is 1.32 bits per heavy atom. The van der Waals surface area contributed by atoms with Crippen LogP contribution in [0.15, 0.2) is 35.6 Å². The van der Waals surface area contributed by atoms with Crippen LogP contribution in [0, 0.1) is 11.3 Å².